The Morgan fingerprint density at radius 2 is 2.06 bits per heavy atom. The first-order valence-electron chi connectivity index (χ1n) is 5.10. The molecule has 0 saturated heterocycles. The van der Waals surface area contributed by atoms with Gasteiger partial charge in [0, 0.05) is 23.8 Å². The van der Waals surface area contributed by atoms with Crippen molar-refractivity contribution in [1.29, 1.82) is 0 Å². The van der Waals surface area contributed by atoms with Crippen LogP contribution in [0, 0.1) is 10.1 Å². The van der Waals surface area contributed by atoms with Crippen LogP contribution >= 0.6 is 0 Å². The number of nitro groups is 1. The molecule has 0 fully saturated rings. The van der Waals surface area contributed by atoms with Crippen LogP contribution in [0.15, 0.2) is 30.3 Å². The Hall–Kier alpha value is -2.17. The molecule has 0 bridgehead atoms. The van der Waals surface area contributed by atoms with Crippen LogP contribution in [0.4, 0.5) is 5.69 Å². The van der Waals surface area contributed by atoms with Crippen molar-refractivity contribution in [3.05, 3.63) is 46.0 Å². The summed E-state index contributed by atoms with van der Waals surface area (Å²) >= 11 is 0. The second-order valence-corrected chi connectivity index (χ2v) is 4.29. The van der Waals surface area contributed by atoms with E-state index in [-0.39, 0.29) is 11.5 Å². The van der Waals surface area contributed by atoms with Gasteiger partial charge in [0.2, 0.25) is 5.78 Å². The summed E-state index contributed by atoms with van der Waals surface area (Å²) in [5, 5.41) is 10.6. The summed E-state index contributed by atoms with van der Waals surface area (Å²) < 4.78 is 5.47. The molecular formula is C12H11NO4. The van der Waals surface area contributed by atoms with E-state index in [1.54, 1.807) is 26.0 Å². The second kappa shape index (κ2) is 3.69. The molecule has 1 heterocycles. The molecule has 0 amide bonds. The van der Waals surface area contributed by atoms with Crippen molar-refractivity contribution in [2.24, 2.45) is 0 Å². The zero-order valence-corrected chi connectivity index (χ0v) is 9.47. The molecule has 5 nitrogen and oxygen atoms in total. The molecule has 17 heavy (non-hydrogen) atoms. The zero-order chi connectivity index (χ0) is 12.6. The molecule has 5 heteroatoms. The predicted octanol–water partition coefficient (Wildman–Crippen LogP) is 2.31. The van der Waals surface area contributed by atoms with E-state index >= 15 is 0 Å². The second-order valence-electron chi connectivity index (χ2n) is 4.29. The van der Waals surface area contributed by atoms with Gasteiger partial charge in [-0.25, -0.2) is 0 Å². The average Bonchev–Trinajstić information content (AvgIpc) is 2.54. The molecule has 0 aliphatic carbocycles. The van der Waals surface area contributed by atoms with Crippen LogP contribution in [0.5, 0.6) is 0 Å². The number of ether oxygens (including phenoxy) is 1. The maximum Gasteiger partial charge on any atom is 0.270 e. The summed E-state index contributed by atoms with van der Waals surface area (Å²) in [6.07, 6.45) is 1.37. The minimum Gasteiger partial charge on any atom is -0.479 e. The smallest absolute Gasteiger partial charge is 0.270 e. The van der Waals surface area contributed by atoms with E-state index in [1.807, 2.05) is 0 Å². The van der Waals surface area contributed by atoms with Gasteiger partial charge in [-0.05, 0) is 13.8 Å². The summed E-state index contributed by atoms with van der Waals surface area (Å²) in [5.41, 5.74) is -0.373. The van der Waals surface area contributed by atoms with Crippen LogP contribution in [0.25, 0.3) is 5.76 Å². The van der Waals surface area contributed by atoms with Crippen LogP contribution in [0.3, 0.4) is 0 Å². The SMILES string of the molecule is CC1(C)OC(c2cccc([N+](=O)[O-])c2)=CC1=O. The Bertz CT molecular complexity index is 531. The number of benzene rings is 1. The molecule has 88 valence electrons. The van der Waals surface area contributed by atoms with Crippen LogP contribution in [0.2, 0.25) is 0 Å². The lowest BCUT2D eigenvalue weighted by molar-refractivity contribution is -0.384. The van der Waals surface area contributed by atoms with E-state index in [1.165, 1.54) is 18.2 Å². The van der Waals surface area contributed by atoms with Crippen molar-refractivity contribution in [2.45, 2.75) is 19.4 Å². The number of hydrogen-bond donors (Lipinski definition) is 0. The third kappa shape index (κ3) is 2.04. The molecule has 0 atom stereocenters. The lowest BCUT2D eigenvalue weighted by atomic mass is 10.1. The summed E-state index contributed by atoms with van der Waals surface area (Å²) in [6.45, 7) is 3.33. The largest absolute Gasteiger partial charge is 0.479 e. The zero-order valence-electron chi connectivity index (χ0n) is 9.47. The summed E-state index contributed by atoms with van der Waals surface area (Å²) in [7, 11) is 0. The van der Waals surface area contributed by atoms with E-state index in [9.17, 15) is 14.9 Å². The van der Waals surface area contributed by atoms with Crippen LogP contribution in [-0.4, -0.2) is 16.3 Å². The Labute approximate surface area is 97.9 Å². The van der Waals surface area contributed by atoms with Gasteiger partial charge in [0.25, 0.3) is 5.69 Å². The molecule has 0 spiro atoms. The number of non-ortho nitro benzene ring substituents is 1. The first-order chi connectivity index (χ1) is 7.90. The molecule has 1 aromatic carbocycles. The van der Waals surface area contributed by atoms with Gasteiger partial charge in [-0.1, -0.05) is 12.1 Å². The third-order valence-corrected chi connectivity index (χ3v) is 2.56. The number of ketones is 1. The number of carbonyl (C=O) groups is 1. The minimum absolute atomic E-state index is 0.0239. The van der Waals surface area contributed by atoms with Crippen molar-refractivity contribution >= 4 is 17.2 Å². The van der Waals surface area contributed by atoms with Gasteiger partial charge >= 0.3 is 0 Å². The number of carbonyl (C=O) groups excluding carboxylic acids is 1. The Balaban J connectivity index is 2.37. The molecule has 2 rings (SSSR count). The van der Waals surface area contributed by atoms with Gasteiger partial charge in [-0.15, -0.1) is 0 Å². The Kier molecular flexibility index (Phi) is 2.46. The number of nitrogens with zero attached hydrogens (tertiary/aromatic N) is 1. The fourth-order valence-electron chi connectivity index (χ4n) is 1.56. The normalized spacial score (nSPS) is 17.5. The highest BCUT2D eigenvalue weighted by atomic mass is 16.6. The van der Waals surface area contributed by atoms with Gasteiger partial charge in [0.15, 0.2) is 5.60 Å². The third-order valence-electron chi connectivity index (χ3n) is 2.56. The highest BCUT2D eigenvalue weighted by Gasteiger charge is 2.35. The molecule has 0 aromatic heterocycles. The highest BCUT2D eigenvalue weighted by molar-refractivity contribution is 6.04. The first kappa shape index (κ1) is 11.3. The molecule has 0 radical (unpaired) electrons. The number of hydrogen-bond acceptors (Lipinski definition) is 4. The van der Waals surface area contributed by atoms with Gasteiger partial charge in [-0.2, -0.15) is 0 Å². The molecule has 0 saturated carbocycles. The van der Waals surface area contributed by atoms with Crippen LogP contribution in [-0.2, 0) is 9.53 Å². The van der Waals surface area contributed by atoms with E-state index in [0.717, 1.165) is 0 Å². The van der Waals surface area contributed by atoms with E-state index in [0.29, 0.717) is 11.3 Å². The average molecular weight is 233 g/mol. The molecule has 1 aliphatic heterocycles. The quantitative estimate of drug-likeness (QED) is 0.580. The standard InChI is InChI=1S/C12H11NO4/c1-12(2)11(14)7-10(17-12)8-4-3-5-9(6-8)13(15)16/h3-7H,1-2H3. The predicted molar refractivity (Wildman–Crippen MR) is 61.2 cm³/mol. The Morgan fingerprint density at radius 3 is 2.59 bits per heavy atom. The maximum atomic E-state index is 11.6. The first-order valence-corrected chi connectivity index (χ1v) is 5.10. The van der Waals surface area contributed by atoms with Gasteiger partial charge in [0.05, 0.1) is 4.92 Å². The minimum atomic E-state index is -0.889. The van der Waals surface area contributed by atoms with Crippen LogP contribution < -0.4 is 0 Å². The molecule has 0 unspecified atom stereocenters. The van der Waals surface area contributed by atoms with Crippen molar-refractivity contribution < 1.29 is 14.5 Å². The van der Waals surface area contributed by atoms with E-state index < -0.39 is 10.5 Å². The molecule has 0 N–H and O–H groups in total. The molecule has 1 aromatic rings. The van der Waals surface area contributed by atoms with Crippen molar-refractivity contribution in [1.82, 2.24) is 0 Å². The fourth-order valence-corrected chi connectivity index (χ4v) is 1.56. The highest BCUT2D eigenvalue weighted by Crippen LogP contribution is 2.32. The summed E-state index contributed by atoms with van der Waals surface area (Å²) in [4.78, 5) is 21.7. The van der Waals surface area contributed by atoms with Crippen molar-refractivity contribution in [3.63, 3.8) is 0 Å². The lowest BCUT2D eigenvalue weighted by Gasteiger charge is -2.17. The molecule has 1 aliphatic rings. The van der Waals surface area contributed by atoms with Crippen LogP contribution in [0.1, 0.15) is 19.4 Å². The van der Waals surface area contributed by atoms with E-state index in [4.69, 9.17) is 4.74 Å². The summed E-state index contributed by atoms with van der Waals surface area (Å²) in [5.74, 6) is 0.239. The fraction of sp³-hybridized carbons (Fsp3) is 0.250. The Morgan fingerprint density at radius 1 is 1.35 bits per heavy atom. The number of rotatable bonds is 2. The van der Waals surface area contributed by atoms with E-state index in [2.05, 4.69) is 0 Å². The van der Waals surface area contributed by atoms with Crippen molar-refractivity contribution in [3.8, 4) is 0 Å². The van der Waals surface area contributed by atoms with Gasteiger partial charge in [0.1, 0.15) is 5.76 Å². The monoisotopic (exact) mass is 233 g/mol. The van der Waals surface area contributed by atoms with Gasteiger partial charge in [-0.3, -0.25) is 14.9 Å². The van der Waals surface area contributed by atoms with Crippen molar-refractivity contribution in [2.75, 3.05) is 0 Å². The maximum absolute atomic E-state index is 11.6. The van der Waals surface area contributed by atoms with Gasteiger partial charge < -0.3 is 4.74 Å². The number of nitro benzene ring substituents is 1. The summed E-state index contributed by atoms with van der Waals surface area (Å²) in [6, 6.07) is 6.02. The molecular weight excluding hydrogens is 222 g/mol. The lowest BCUT2D eigenvalue weighted by Crippen LogP contribution is -2.27. The topological polar surface area (TPSA) is 69.4 Å².